The highest BCUT2D eigenvalue weighted by atomic mass is 16.5. The third-order valence-electron chi connectivity index (χ3n) is 5.17. The van der Waals surface area contributed by atoms with Crippen molar-refractivity contribution in [2.24, 2.45) is 0 Å². The Morgan fingerprint density at radius 3 is 2.54 bits per heavy atom. The molecule has 2 aromatic heterocycles. The molecule has 2 fully saturated rings. The molecule has 0 N–H and O–H groups in total. The quantitative estimate of drug-likeness (QED) is 0.810. The van der Waals surface area contributed by atoms with Crippen LogP contribution in [0.2, 0.25) is 0 Å². The van der Waals surface area contributed by atoms with E-state index < -0.39 is 0 Å². The van der Waals surface area contributed by atoms with Crippen molar-refractivity contribution in [1.29, 1.82) is 0 Å². The number of piperidine rings is 1. The van der Waals surface area contributed by atoms with Crippen LogP contribution in [0.4, 0.5) is 17.6 Å². The van der Waals surface area contributed by atoms with Gasteiger partial charge in [0, 0.05) is 57.9 Å². The van der Waals surface area contributed by atoms with Crippen molar-refractivity contribution in [3.05, 3.63) is 30.9 Å². The van der Waals surface area contributed by atoms with E-state index in [0.29, 0.717) is 6.04 Å². The maximum Gasteiger partial charge on any atom is 0.227 e. The van der Waals surface area contributed by atoms with E-state index in [1.165, 1.54) is 0 Å². The number of ether oxygens (including phenoxy) is 1. The van der Waals surface area contributed by atoms with Crippen LogP contribution in [0.15, 0.2) is 30.9 Å². The monoisotopic (exact) mass is 355 g/mol. The van der Waals surface area contributed by atoms with Crippen LogP contribution >= 0.6 is 0 Å². The second-order valence-corrected chi connectivity index (χ2v) is 6.71. The van der Waals surface area contributed by atoms with Crippen molar-refractivity contribution in [3.63, 3.8) is 0 Å². The molecule has 0 aromatic carbocycles. The second-order valence-electron chi connectivity index (χ2n) is 6.71. The van der Waals surface area contributed by atoms with Crippen molar-refractivity contribution in [3.8, 4) is 0 Å². The van der Waals surface area contributed by atoms with E-state index in [2.05, 4.69) is 36.7 Å². The van der Waals surface area contributed by atoms with Gasteiger partial charge >= 0.3 is 0 Å². The highest BCUT2D eigenvalue weighted by Gasteiger charge is 2.25. The molecule has 26 heavy (non-hydrogen) atoms. The molecule has 2 aliphatic rings. The molecule has 138 valence electrons. The van der Waals surface area contributed by atoms with Gasteiger partial charge in [0.25, 0.3) is 0 Å². The van der Waals surface area contributed by atoms with E-state index in [9.17, 15) is 0 Å². The smallest absolute Gasteiger partial charge is 0.227 e. The van der Waals surface area contributed by atoms with Crippen LogP contribution in [0.1, 0.15) is 12.8 Å². The van der Waals surface area contributed by atoms with Gasteiger partial charge < -0.3 is 19.4 Å². The van der Waals surface area contributed by atoms with Gasteiger partial charge in [-0.3, -0.25) is 4.98 Å². The predicted octanol–water partition coefficient (Wildman–Crippen LogP) is 1.21. The molecule has 8 heteroatoms. The molecule has 0 saturated carbocycles. The summed E-state index contributed by atoms with van der Waals surface area (Å²) < 4.78 is 5.42. The van der Waals surface area contributed by atoms with Crippen molar-refractivity contribution >= 4 is 17.6 Å². The summed E-state index contributed by atoms with van der Waals surface area (Å²) in [4.78, 5) is 24.6. The number of rotatable bonds is 4. The molecular weight excluding hydrogens is 330 g/mol. The summed E-state index contributed by atoms with van der Waals surface area (Å²) in [5.41, 5.74) is 0. The number of hydrogen-bond donors (Lipinski definition) is 0. The lowest BCUT2D eigenvalue weighted by molar-refractivity contribution is 0.122. The van der Waals surface area contributed by atoms with Crippen LogP contribution < -0.4 is 14.7 Å². The lowest BCUT2D eigenvalue weighted by atomic mass is 10.0. The van der Waals surface area contributed by atoms with E-state index in [1.54, 1.807) is 12.4 Å². The molecular formula is C18H25N7O. The minimum atomic E-state index is 0.468. The molecule has 4 rings (SSSR count). The highest BCUT2D eigenvalue weighted by molar-refractivity contribution is 5.45. The van der Waals surface area contributed by atoms with Gasteiger partial charge in [0.2, 0.25) is 5.95 Å². The second kappa shape index (κ2) is 7.82. The van der Waals surface area contributed by atoms with Gasteiger partial charge in [-0.2, -0.15) is 4.98 Å². The van der Waals surface area contributed by atoms with Crippen LogP contribution in [0.3, 0.4) is 0 Å². The fourth-order valence-electron chi connectivity index (χ4n) is 3.58. The molecule has 0 aliphatic carbocycles. The van der Waals surface area contributed by atoms with E-state index in [4.69, 9.17) is 9.72 Å². The maximum atomic E-state index is 5.42. The predicted molar refractivity (Wildman–Crippen MR) is 101 cm³/mol. The van der Waals surface area contributed by atoms with Crippen LogP contribution in [0, 0.1) is 0 Å². The molecule has 0 spiro atoms. The summed E-state index contributed by atoms with van der Waals surface area (Å²) in [6.07, 6.45) is 9.31. The topological polar surface area (TPSA) is 70.5 Å². The number of hydrogen-bond acceptors (Lipinski definition) is 8. The van der Waals surface area contributed by atoms with Gasteiger partial charge in [-0.25, -0.2) is 9.97 Å². The molecule has 0 unspecified atom stereocenters. The molecule has 0 radical (unpaired) electrons. The lowest BCUT2D eigenvalue weighted by Crippen LogP contribution is -2.44. The summed E-state index contributed by atoms with van der Waals surface area (Å²) in [5, 5.41) is 0. The summed E-state index contributed by atoms with van der Waals surface area (Å²) in [7, 11) is 2.13. The fraction of sp³-hybridized carbons (Fsp3) is 0.556. The summed E-state index contributed by atoms with van der Waals surface area (Å²) in [6.45, 7) is 5.14. The van der Waals surface area contributed by atoms with Gasteiger partial charge in [-0.1, -0.05) is 0 Å². The SMILES string of the molecule is CN(c1ccnc(N2CCOCC2)n1)C1CCN(c2cnccn2)CC1. The van der Waals surface area contributed by atoms with Gasteiger partial charge in [-0.05, 0) is 18.9 Å². The summed E-state index contributed by atoms with van der Waals surface area (Å²) in [6, 6.07) is 2.47. The Morgan fingerprint density at radius 1 is 1.00 bits per heavy atom. The normalized spacial score (nSPS) is 18.8. The van der Waals surface area contributed by atoms with Crippen LogP contribution in [-0.4, -0.2) is 72.4 Å². The van der Waals surface area contributed by atoms with E-state index in [1.807, 2.05) is 18.5 Å². The number of anilines is 3. The van der Waals surface area contributed by atoms with E-state index in [0.717, 1.165) is 69.8 Å². The van der Waals surface area contributed by atoms with Gasteiger partial charge in [0.1, 0.15) is 11.6 Å². The molecule has 2 aliphatic heterocycles. The molecule has 2 aromatic rings. The van der Waals surface area contributed by atoms with E-state index >= 15 is 0 Å². The van der Waals surface area contributed by atoms with Crippen molar-refractivity contribution in [2.75, 3.05) is 61.1 Å². The average Bonchev–Trinajstić information content (AvgIpc) is 2.75. The Kier molecular flexibility index (Phi) is 5.10. The maximum absolute atomic E-state index is 5.42. The number of morpholine rings is 1. The third kappa shape index (κ3) is 3.70. The average molecular weight is 355 g/mol. The highest BCUT2D eigenvalue weighted by Crippen LogP contribution is 2.24. The summed E-state index contributed by atoms with van der Waals surface area (Å²) >= 11 is 0. The minimum Gasteiger partial charge on any atom is -0.378 e. The zero-order valence-electron chi connectivity index (χ0n) is 15.2. The van der Waals surface area contributed by atoms with Crippen LogP contribution in [0.5, 0.6) is 0 Å². The van der Waals surface area contributed by atoms with Crippen LogP contribution in [-0.2, 0) is 4.74 Å². The van der Waals surface area contributed by atoms with Crippen LogP contribution in [0.25, 0.3) is 0 Å². The third-order valence-corrected chi connectivity index (χ3v) is 5.17. The molecule has 4 heterocycles. The zero-order valence-corrected chi connectivity index (χ0v) is 15.2. The number of aromatic nitrogens is 4. The molecule has 8 nitrogen and oxygen atoms in total. The first kappa shape index (κ1) is 17.0. The van der Waals surface area contributed by atoms with Gasteiger partial charge in [0.15, 0.2) is 0 Å². The fourth-order valence-corrected chi connectivity index (χ4v) is 3.58. The molecule has 2 saturated heterocycles. The molecule has 0 atom stereocenters. The minimum absolute atomic E-state index is 0.468. The largest absolute Gasteiger partial charge is 0.378 e. The molecule has 0 bridgehead atoms. The zero-order chi connectivity index (χ0) is 17.8. The first-order valence-electron chi connectivity index (χ1n) is 9.21. The Balaban J connectivity index is 1.39. The van der Waals surface area contributed by atoms with E-state index in [-0.39, 0.29) is 0 Å². The Hall–Kier alpha value is -2.48. The first-order chi connectivity index (χ1) is 12.8. The standard InChI is InChI=1S/C18H25N7O/c1-23(15-3-8-24(9-4-15)17-14-19-6-7-20-17)16-2-5-21-18(22-16)25-10-12-26-13-11-25/h2,5-7,14-15H,3-4,8-13H2,1H3. The Bertz CT molecular complexity index is 700. The Labute approximate surface area is 153 Å². The van der Waals surface area contributed by atoms with Gasteiger partial charge in [-0.15, -0.1) is 0 Å². The Morgan fingerprint density at radius 2 is 1.81 bits per heavy atom. The van der Waals surface area contributed by atoms with Crippen molar-refractivity contribution in [2.45, 2.75) is 18.9 Å². The van der Waals surface area contributed by atoms with Crippen molar-refractivity contribution < 1.29 is 4.74 Å². The van der Waals surface area contributed by atoms with Gasteiger partial charge in [0.05, 0.1) is 19.4 Å². The summed E-state index contributed by atoms with van der Waals surface area (Å²) in [5.74, 6) is 2.75. The molecule has 0 amide bonds. The number of nitrogens with zero attached hydrogens (tertiary/aromatic N) is 7. The first-order valence-corrected chi connectivity index (χ1v) is 9.21. The van der Waals surface area contributed by atoms with Crippen molar-refractivity contribution in [1.82, 2.24) is 19.9 Å². The lowest BCUT2D eigenvalue weighted by Gasteiger charge is -2.38.